The molecule has 9 nitrogen and oxygen atoms in total. The van der Waals surface area contributed by atoms with Gasteiger partial charge >= 0.3 is 5.97 Å². The van der Waals surface area contributed by atoms with Gasteiger partial charge in [-0.05, 0) is 80.8 Å². The van der Waals surface area contributed by atoms with Gasteiger partial charge in [-0.1, -0.05) is 24.3 Å². The molecule has 41 heavy (non-hydrogen) atoms. The van der Waals surface area contributed by atoms with E-state index in [0.717, 1.165) is 59.2 Å². The normalized spacial score (nSPS) is 20.4. The number of methoxy groups -OCH3 is 2. The Kier molecular flexibility index (Phi) is 8.24. The lowest BCUT2D eigenvalue weighted by Gasteiger charge is -2.71. The molecule has 0 amide bonds. The molecule has 1 heterocycles. The van der Waals surface area contributed by atoms with Gasteiger partial charge in [0.2, 0.25) is 0 Å². The molecule has 0 saturated heterocycles. The zero-order valence-corrected chi connectivity index (χ0v) is 24.7. The molecule has 2 bridgehead atoms. The van der Waals surface area contributed by atoms with E-state index >= 15 is 0 Å². The average molecular weight is 560 g/mol. The molecule has 0 aliphatic heterocycles. The molecule has 1 aromatic heterocycles. The number of rotatable bonds is 14. The van der Waals surface area contributed by atoms with E-state index in [9.17, 15) is 4.79 Å². The molecular weight excluding hydrogens is 518 g/mol. The molecule has 3 fully saturated rings. The van der Waals surface area contributed by atoms with E-state index in [4.69, 9.17) is 19.2 Å². The van der Waals surface area contributed by atoms with Crippen LogP contribution in [0.3, 0.4) is 0 Å². The second-order valence-corrected chi connectivity index (χ2v) is 11.7. The average Bonchev–Trinajstić information content (AvgIpc) is 2.92. The fourth-order valence-corrected chi connectivity index (χ4v) is 6.32. The van der Waals surface area contributed by atoms with E-state index in [1.54, 1.807) is 20.5 Å². The van der Waals surface area contributed by atoms with Gasteiger partial charge in [-0.25, -0.2) is 9.97 Å². The van der Waals surface area contributed by atoms with Crippen LogP contribution in [0.5, 0.6) is 11.5 Å². The minimum absolute atomic E-state index is 0.0482. The van der Waals surface area contributed by atoms with E-state index in [2.05, 4.69) is 58.6 Å². The van der Waals surface area contributed by atoms with Crippen molar-refractivity contribution < 1.29 is 19.0 Å². The molecule has 2 N–H and O–H groups in total. The Labute approximate surface area is 242 Å². The fourth-order valence-electron chi connectivity index (χ4n) is 6.32. The van der Waals surface area contributed by atoms with Crippen molar-refractivity contribution in [3.8, 4) is 11.5 Å². The molecule has 0 unspecified atom stereocenters. The maximum absolute atomic E-state index is 12.2. The maximum atomic E-state index is 12.2. The first-order valence-corrected chi connectivity index (χ1v) is 14.3. The van der Waals surface area contributed by atoms with Gasteiger partial charge in [0.05, 0.1) is 27.2 Å². The van der Waals surface area contributed by atoms with E-state index in [0.29, 0.717) is 26.1 Å². The van der Waals surface area contributed by atoms with Gasteiger partial charge < -0.3 is 29.7 Å². The van der Waals surface area contributed by atoms with Gasteiger partial charge in [-0.2, -0.15) is 0 Å². The summed E-state index contributed by atoms with van der Waals surface area (Å²) in [6, 6.07) is 16.5. The molecule has 3 aliphatic carbocycles. The smallest absolute Gasteiger partial charge is 0.306 e. The molecular formula is C32H41N5O4. The number of hydrogen-bond donors (Lipinski definition) is 2. The molecule has 3 aliphatic rings. The monoisotopic (exact) mass is 559 g/mol. The molecule has 0 spiro atoms. The number of anilines is 3. The predicted octanol–water partition coefficient (Wildman–Crippen LogP) is 5.81. The number of hydrogen-bond acceptors (Lipinski definition) is 9. The summed E-state index contributed by atoms with van der Waals surface area (Å²) in [5.74, 6) is 3.16. The number of esters is 1. The number of carbonyl (C=O) groups is 1. The third-order valence-electron chi connectivity index (χ3n) is 7.97. The molecule has 6 rings (SSSR count). The van der Waals surface area contributed by atoms with E-state index in [1.165, 1.54) is 0 Å². The Bertz CT molecular complexity index is 1270. The Morgan fingerprint density at radius 1 is 0.927 bits per heavy atom. The lowest BCUT2D eigenvalue weighted by molar-refractivity contribution is -0.166. The second kappa shape index (κ2) is 11.8. The van der Waals surface area contributed by atoms with Crippen LogP contribution in [-0.2, 0) is 22.6 Å². The summed E-state index contributed by atoms with van der Waals surface area (Å²) in [6.45, 7) is 7.77. The highest BCUT2D eigenvalue weighted by Gasteiger charge is 2.68. The number of nitrogens with zero attached hydrogens (tertiary/aromatic N) is 3. The van der Waals surface area contributed by atoms with Crippen LogP contribution >= 0.6 is 0 Å². The maximum Gasteiger partial charge on any atom is 0.306 e. The van der Waals surface area contributed by atoms with Crippen molar-refractivity contribution >= 4 is 23.3 Å². The van der Waals surface area contributed by atoms with Crippen molar-refractivity contribution in [2.24, 2.45) is 5.41 Å². The predicted molar refractivity (Wildman–Crippen MR) is 161 cm³/mol. The van der Waals surface area contributed by atoms with Crippen LogP contribution in [0.25, 0.3) is 0 Å². The van der Waals surface area contributed by atoms with Crippen LogP contribution in [0.2, 0.25) is 0 Å². The topological polar surface area (TPSA) is 97.8 Å². The standard InChI is InChI=1S/C32H41N5O4/c1-6-41-27(38)15-31-18-32(19-31,20-31)36-28-29(35-22(2)3)33-21-34-30(28)37(16-23-7-11-25(39-4)12-8-23)17-24-9-13-26(40-5)14-10-24/h7-14,21-22,36H,6,15-20H2,1-5H3,(H,33,34,35). The van der Waals surface area contributed by atoms with Gasteiger partial charge in [0, 0.05) is 24.7 Å². The van der Waals surface area contributed by atoms with Crippen LogP contribution in [0, 0.1) is 5.41 Å². The molecule has 218 valence electrons. The largest absolute Gasteiger partial charge is 0.497 e. The highest BCUT2D eigenvalue weighted by molar-refractivity contribution is 5.80. The lowest BCUT2D eigenvalue weighted by atomic mass is 9.38. The first-order chi connectivity index (χ1) is 19.8. The van der Waals surface area contributed by atoms with Gasteiger partial charge in [-0.3, -0.25) is 4.79 Å². The molecule has 0 atom stereocenters. The first kappa shape index (κ1) is 28.5. The van der Waals surface area contributed by atoms with Crippen molar-refractivity contribution in [2.45, 2.75) is 71.1 Å². The highest BCUT2D eigenvalue weighted by atomic mass is 16.5. The zero-order chi connectivity index (χ0) is 29.0. The summed E-state index contributed by atoms with van der Waals surface area (Å²) >= 11 is 0. The van der Waals surface area contributed by atoms with Crippen LogP contribution in [0.1, 0.15) is 57.6 Å². The molecule has 0 radical (unpaired) electrons. The third kappa shape index (κ3) is 6.34. The Morgan fingerprint density at radius 2 is 1.49 bits per heavy atom. The van der Waals surface area contributed by atoms with E-state index in [-0.39, 0.29) is 23.0 Å². The number of nitrogens with one attached hydrogen (secondary N) is 2. The SMILES string of the molecule is CCOC(=O)CC12CC(Nc3c(NC(C)C)ncnc3N(Cc3ccc(OC)cc3)Cc3ccc(OC)cc3)(C1)C2. The number of ether oxygens (including phenoxy) is 3. The van der Waals surface area contributed by atoms with Gasteiger partial charge in [0.25, 0.3) is 0 Å². The van der Waals surface area contributed by atoms with Gasteiger partial charge in [0.1, 0.15) is 23.5 Å². The van der Waals surface area contributed by atoms with Crippen molar-refractivity contribution in [2.75, 3.05) is 36.4 Å². The van der Waals surface area contributed by atoms with Crippen LogP contribution in [0.4, 0.5) is 17.3 Å². The second-order valence-electron chi connectivity index (χ2n) is 11.7. The van der Waals surface area contributed by atoms with Crippen molar-refractivity contribution in [1.29, 1.82) is 0 Å². The number of carbonyl (C=O) groups excluding carboxylic acids is 1. The summed E-state index contributed by atoms with van der Waals surface area (Å²) in [6.07, 6.45) is 4.92. The molecule has 2 aromatic carbocycles. The minimum atomic E-state index is -0.100. The quantitative estimate of drug-likeness (QED) is 0.237. The summed E-state index contributed by atoms with van der Waals surface area (Å²) in [7, 11) is 3.35. The molecule has 3 saturated carbocycles. The Morgan fingerprint density at radius 3 is 1.98 bits per heavy atom. The molecule has 9 heteroatoms. The van der Waals surface area contributed by atoms with Gasteiger partial charge in [-0.15, -0.1) is 0 Å². The van der Waals surface area contributed by atoms with E-state index < -0.39 is 0 Å². The van der Waals surface area contributed by atoms with Crippen molar-refractivity contribution in [3.05, 3.63) is 66.0 Å². The lowest BCUT2D eigenvalue weighted by Crippen LogP contribution is -2.71. The Balaban J connectivity index is 1.45. The van der Waals surface area contributed by atoms with Gasteiger partial charge in [0.15, 0.2) is 11.6 Å². The summed E-state index contributed by atoms with van der Waals surface area (Å²) in [5.41, 5.74) is 3.16. The number of benzene rings is 2. The summed E-state index contributed by atoms with van der Waals surface area (Å²) in [4.78, 5) is 24.0. The summed E-state index contributed by atoms with van der Waals surface area (Å²) in [5, 5.41) is 7.39. The number of aromatic nitrogens is 2. The van der Waals surface area contributed by atoms with Crippen molar-refractivity contribution in [3.63, 3.8) is 0 Å². The fraction of sp³-hybridized carbons (Fsp3) is 0.469. The van der Waals surface area contributed by atoms with E-state index in [1.807, 2.05) is 31.2 Å². The third-order valence-corrected chi connectivity index (χ3v) is 7.97. The summed E-state index contributed by atoms with van der Waals surface area (Å²) < 4.78 is 16.0. The Hall–Kier alpha value is -4.01. The first-order valence-electron chi connectivity index (χ1n) is 14.3. The van der Waals surface area contributed by atoms with Crippen LogP contribution in [-0.4, -0.2) is 48.3 Å². The minimum Gasteiger partial charge on any atom is -0.497 e. The van der Waals surface area contributed by atoms with Crippen molar-refractivity contribution in [1.82, 2.24) is 9.97 Å². The van der Waals surface area contributed by atoms with Crippen LogP contribution in [0.15, 0.2) is 54.9 Å². The zero-order valence-electron chi connectivity index (χ0n) is 24.7. The molecule has 3 aromatic rings. The van der Waals surface area contributed by atoms with Crippen LogP contribution < -0.4 is 25.0 Å². The highest BCUT2D eigenvalue weighted by Crippen LogP contribution is 2.70.